The lowest BCUT2D eigenvalue weighted by atomic mass is 10.2. The van der Waals surface area contributed by atoms with Crippen LogP contribution in [0.3, 0.4) is 0 Å². The number of hydrogen-bond acceptors (Lipinski definition) is 4. The molecule has 1 rings (SSSR count). The summed E-state index contributed by atoms with van der Waals surface area (Å²) in [6.07, 6.45) is 6.54. The molecule has 0 fully saturated rings. The summed E-state index contributed by atoms with van der Waals surface area (Å²) in [7, 11) is 0. The molecule has 90 valence electrons. The molecule has 3 N–H and O–H groups in total. The number of terminal acetylenes is 1. The maximum Gasteiger partial charge on any atom is 0.252 e. The highest BCUT2D eigenvalue weighted by Crippen LogP contribution is 2.01. The molecule has 0 aliphatic heterocycles. The van der Waals surface area contributed by atoms with E-state index in [0.29, 0.717) is 25.3 Å². The molecule has 0 unspecified atom stereocenters. The summed E-state index contributed by atoms with van der Waals surface area (Å²) < 4.78 is 5.12. The number of carbonyl (C=O) groups is 1. The molecule has 0 aliphatic carbocycles. The van der Waals surface area contributed by atoms with Crippen LogP contribution in [0.4, 0.5) is 0 Å². The lowest BCUT2D eigenvalue weighted by Gasteiger charge is -2.04. The third kappa shape index (κ3) is 4.64. The molecule has 0 radical (unpaired) electrons. The first-order chi connectivity index (χ1) is 8.27. The summed E-state index contributed by atoms with van der Waals surface area (Å²) in [6, 6.07) is 3.42. The lowest BCUT2D eigenvalue weighted by molar-refractivity contribution is 0.0954. The minimum Gasteiger partial charge on any atom is -0.363 e. The Morgan fingerprint density at radius 2 is 2.41 bits per heavy atom. The first-order valence-corrected chi connectivity index (χ1v) is 5.22. The van der Waals surface area contributed by atoms with Crippen LogP contribution in [0.2, 0.25) is 0 Å². The highest BCUT2D eigenvalue weighted by molar-refractivity contribution is 5.93. The molecular formula is C12H15N3O2. The van der Waals surface area contributed by atoms with Gasteiger partial charge in [-0.25, -0.2) is 0 Å². The van der Waals surface area contributed by atoms with Crippen LogP contribution in [0.1, 0.15) is 16.1 Å². The smallest absolute Gasteiger partial charge is 0.252 e. The fourth-order valence-electron chi connectivity index (χ4n) is 1.15. The average molecular weight is 233 g/mol. The molecule has 0 aromatic carbocycles. The Morgan fingerprint density at radius 3 is 3.00 bits per heavy atom. The Hall–Kier alpha value is -1.90. The van der Waals surface area contributed by atoms with Gasteiger partial charge < -0.3 is 15.8 Å². The van der Waals surface area contributed by atoms with Gasteiger partial charge in [0.2, 0.25) is 0 Å². The van der Waals surface area contributed by atoms with Crippen LogP contribution in [0.15, 0.2) is 18.3 Å². The van der Waals surface area contributed by atoms with Gasteiger partial charge in [0.15, 0.2) is 0 Å². The molecule has 0 spiro atoms. The van der Waals surface area contributed by atoms with Gasteiger partial charge in [-0.05, 0) is 12.1 Å². The lowest BCUT2D eigenvalue weighted by Crippen LogP contribution is -2.29. The van der Waals surface area contributed by atoms with E-state index in [1.54, 1.807) is 12.1 Å². The minimum absolute atomic E-state index is 0.181. The summed E-state index contributed by atoms with van der Waals surface area (Å²) in [5.41, 5.74) is 6.52. The topological polar surface area (TPSA) is 77.2 Å². The van der Waals surface area contributed by atoms with Crippen LogP contribution in [0.5, 0.6) is 0 Å². The van der Waals surface area contributed by atoms with Crippen molar-refractivity contribution in [3.05, 3.63) is 29.6 Å². The molecule has 0 aliphatic rings. The largest absolute Gasteiger partial charge is 0.363 e. The number of pyridine rings is 1. The number of amides is 1. The summed E-state index contributed by atoms with van der Waals surface area (Å²) in [6.45, 7) is 1.46. The number of nitrogens with two attached hydrogens (primary N) is 1. The Labute approximate surface area is 100 Å². The number of ether oxygens (including phenoxy) is 1. The second-order valence-electron chi connectivity index (χ2n) is 3.28. The minimum atomic E-state index is -0.181. The normalized spacial score (nSPS) is 9.65. The fraction of sp³-hybridized carbons (Fsp3) is 0.333. The average Bonchev–Trinajstić information content (AvgIpc) is 2.37. The van der Waals surface area contributed by atoms with E-state index in [1.165, 1.54) is 6.20 Å². The van der Waals surface area contributed by atoms with Crippen molar-refractivity contribution >= 4 is 5.91 Å². The predicted octanol–water partition coefficient (Wildman–Crippen LogP) is -0.0801. The van der Waals surface area contributed by atoms with Gasteiger partial charge in [-0.1, -0.05) is 5.92 Å². The summed E-state index contributed by atoms with van der Waals surface area (Å²) in [5, 5.41) is 2.66. The zero-order valence-electron chi connectivity index (χ0n) is 9.48. The molecule has 1 aromatic heterocycles. The van der Waals surface area contributed by atoms with Crippen molar-refractivity contribution in [3.8, 4) is 12.3 Å². The molecule has 1 heterocycles. The molecule has 0 saturated heterocycles. The Kier molecular flexibility index (Phi) is 5.72. The highest BCUT2D eigenvalue weighted by atomic mass is 16.5. The number of hydrogen-bond donors (Lipinski definition) is 2. The van der Waals surface area contributed by atoms with Gasteiger partial charge in [-0.3, -0.25) is 9.78 Å². The van der Waals surface area contributed by atoms with E-state index in [2.05, 4.69) is 16.2 Å². The van der Waals surface area contributed by atoms with Gasteiger partial charge in [-0.2, -0.15) is 0 Å². The number of carbonyl (C=O) groups excluding carboxylic acids is 1. The van der Waals surface area contributed by atoms with Crippen molar-refractivity contribution in [1.82, 2.24) is 10.3 Å². The van der Waals surface area contributed by atoms with Crippen LogP contribution in [0.25, 0.3) is 0 Å². The van der Waals surface area contributed by atoms with Gasteiger partial charge in [0.25, 0.3) is 5.91 Å². The summed E-state index contributed by atoms with van der Waals surface area (Å²) >= 11 is 0. The Bertz CT molecular complexity index is 395. The molecule has 0 atom stereocenters. The van der Waals surface area contributed by atoms with E-state index in [-0.39, 0.29) is 12.5 Å². The van der Waals surface area contributed by atoms with E-state index in [1.807, 2.05) is 0 Å². The fourth-order valence-corrected chi connectivity index (χ4v) is 1.15. The van der Waals surface area contributed by atoms with Crippen molar-refractivity contribution in [1.29, 1.82) is 0 Å². The first-order valence-electron chi connectivity index (χ1n) is 5.22. The zero-order valence-corrected chi connectivity index (χ0v) is 9.48. The zero-order chi connectivity index (χ0) is 12.5. The Morgan fingerprint density at radius 1 is 1.59 bits per heavy atom. The van der Waals surface area contributed by atoms with Crippen molar-refractivity contribution < 1.29 is 9.53 Å². The number of rotatable bonds is 6. The second-order valence-corrected chi connectivity index (χ2v) is 3.28. The monoisotopic (exact) mass is 233 g/mol. The third-order valence-corrected chi connectivity index (χ3v) is 1.95. The quantitative estimate of drug-likeness (QED) is 0.532. The van der Waals surface area contributed by atoms with Gasteiger partial charge >= 0.3 is 0 Å². The molecule has 17 heavy (non-hydrogen) atoms. The summed E-state index contributed by atoms with van der Waals surface area (Å²) in [4.78, 5) is 15.6. The highest BCUT2D eigenvalue weighted by Gasteiger charge is 2.04. The van der Waals surface area contributed by atoms with Gasteiger partial charge in [0.05, 0.1) is 17.9 Å². The van der Waals surface area contributed by atoms with Crippen LogP contribution in [0, 0.1) is 12.3 Å². The molecular weight excluding hydrogens is 218 g/mol. The predicted molar refractivity (Wildman–Crippen MR) is 64.1 cm³/mol. The maximum absolute atomic E-state index is 11.5. The number of nitrogens with zero attached hydrogens (tertiary/aromatic N) is 1. The molecule has 1 aromatic rings. The van der Waals surface area contributed by atoms with E-state index < -0.39 is 0 Å². The molecule has 1 amide bonds. The van der Waals surface area contributed by atoms with Crippen molar-refractivity contribution in [3.63, 3.8) is 0 Å². The molecule has 0 bridgehead atoms. The standard InChI is InChI=1S/C12H15N3O2/c1-2-7-17-9-11-4-3-10(8-15-11)12(16)14-6-5-13/h1,3-4,8H,5-7,9,13H2,(H,14,16). The van der Waals surface area contributed by atoms with Gasteiger partial charge in [0, 0.05) is 19.3 Å². The van der Waals surface area contributed by atoms with E-state index in [0.717, 1.165) is 5.69 Å². The van der Waals surface area contributed by atoms with Crippen LogP contribution in [-0.2, 0) is 11.3 Å². The van der Waals surface area contributed by atoms with Crippen LogP contribution < -0.4 is 11.1 Å². The van der Waals surface area contributed by atoms with Crippen molar-refractivity contribution in [2.75, 3.05) is 19.7 Å². The second kappa shape index (κ2) is 7.39. The molecule has 5 nitrogen and oxygen atoms in total. The SMILES string of the molecule is C#CCOCc1ccc(C(=O)NCCN)cn1. The van der Waals surface area contributed by atoms with Gasteiger partial charge in [-0.15, -0.1) is 6.42 Å². The van der Waals surface area contributed by atoms with E-state index in [9.17, 15) is 4.79 Å². The van der Waals surface area contributed by atoms with Crippen molar-refractivity contribution in [2.24, 2.45) is 5.73 Å². The van der Waals surface area contributed by atoms with Gasteiger partial charge in [0.1, 0.15) is 6.61 Å². The third-order valence-electron chi connectivity index (χ3n) is 1.95. The van der Waals surface area contributed by atoms with E-state index in [4.69, 9.17) is 16.9 Å². The molecule has 0 saturated carbocycles. The van der Waals surface area contributed by atoms with Crippen LogP contribution in [-0.4, -0.2) is 30.6 Å². The van der Waals surface area contributed by atoms with Crippen LogP contribution >= 0.6 is 0 Å². The van der Waals surface area contributed by atoms with E-state index >= 15 is 0 Å². The Balaban J connectivity index is 2.50. The number of nitrogens with one attached hydrogen (secondary N) is 1. The summed E-state index contributed by atoms with van der Waals surface area (Å²) in [5.74, 6) is 2.18. The molecule has 5 heteroatoms. The number of aromatic nitrogens is 1. The van der Waals surface area contributed by atoms with Crippen molar-refractivity contribution in [2.45, 2.75) is 6.61 Å². The maximum atomic E-state index is 11.5. The first kappa shape index (κ1) is 13.2.